The molecule has 0 spiro atoms. The molecule has 4 heteroatoms. The molecular weight excluding hydrogens is 260 g/mol. The van der Waals surface area contributed by atoms with Crippen molar-refractivity contribution in [2.24, 2.45) is 9.98 Å². The second-order valence-electron chi connectivity index (χ2n) is 5.85. The largest absolute Gasteiger partial charge is 0.234 e. The second kappa shape index (κ2) is 5.73. The van der Waals surface area contributed by atoms with Crippen LogP contribution >= 0.6 is 21.0 Å². The summed E-state index contributed by atoms with van der Waals surface area (Å²) in [4.78, 5) is 8.45. The van der Waals surface area contributed by atoms with E-state index in [0.717, 1.165) is 5.56 Å². The Morgan fingerprint density at radius 2 is 1.50 bits per heavy atom. The van der Waals surface area contributed by atoms with Gasteiger partial charge in [0.25, 0.3) is 0 Å². The first-order valence-electron chi connectivity index (χ1n) is 5.66. The monoisotopic (exact) mass is 280 g/mol. The SMILES string of the molecule is CS(C)(C)(C)=C=NCc1ccccc1CN=C=S. The standard InChI is InChI=1S/C14H20N2S2/c1-18(2,3,4)12-16-10-14-8-6-5-7-13(14)9-15-11-17/h5-8H,9-10H2,1-4H3. The number of hydrogen-bond donors (Lipinski definition) is 0. The van der Waals surface area contributed by atoms with Gasteiger partial charge < -0.3 is 0 Å². The zero-order valence-electron chi connectivity index (χ0n) is 11.4. The van der Waals surface area contributed by atoms with Crippen LogP contribution in [0.15, 0.2) is 34.3 Å². The van der Waals surface area contributed by atoms with Gasteiger partial charge in [0.2, 0.25) is 0 Å². The van der Waals surface area contributed by atoms with Gasteiger partial charge in [-0.15, -0.1) is 0 Å². The van der Waals surface area contributed by atoms with Crippen LogP contribution in [-0.2, 0) is 13.1 Å². The first-order chi connectivity index (χ1) is 8.28. The molecule has 1 aromatic rings. The van der Waals surface area contributed by atoms with Crippen LogP contribution in [0.4, 0.5) is 0 Å². The van der Waals surface area contributed by atoms with E-state index in [2.05, 4.69) is 69.7 Å². The number of rotatable bonds is 4. The van der Waals surface area contributed by atoms with Gasteiger partial charge in [-0.2, -0.15) is 0 Å². The summed E-state index contributed by atoms with van der Waals surface area (Å²) in [5.74, 6) is 0. The summed E-state index contributed by atoms with van der Waals surface area (Å²) in [5.41, 5.74) is 2.33. The Hall–Kier alpha value is -1.05. The van der Waals surface area contributed by atoms with Gasteiger partial charge in [-0.1, -0.05) is 24.3 Å². The average molecular weight is 280 g/mol. The summed E-state index contributed by atoms with van der Waals surface area (Å²) in [7, 11) is -1.55. The van der Waals surface area contributed by atoms with Crippen LogP contribution in [0.25, 0.3) is 0 Å². The second-order valence-corrected chi connectivity index (χ2v) is 12.7. The van der Waals surface area contributed by atoms with E-state index in [4.69, 9.17) is 0 Å². The Labute approximate surface area is 115 Å². The van der Waals surface area contributed by atoms with Crippen molar-refractivity contribution in [2.75, 3.05) is 25.0 Å². The van der Waals surface area contributed by atoms with Gasteiger partial charge in [0.1, 0.15) is 0 Å². The minimum atomic E-state index is -1.55. The molecule has 18 heavy (non-hydrogen) atoms. The van der Waals surface area contributed by atoms with Crippen molar-refractivity contribution in [1.82, 2.24) is 0 Å². The predicted octanol–water partition coefficient (Wildman–Crippen LogP) is 3.55. The molecule has 2 nitrogen and oxygen atoms in total. The number of aliphatic imine (C=N–C) groups is 2. The molecule has 0 unspecified atom stereocenters. The minimum absolute atomic E-state index is 0.577. The van der Waals surface area contributed by atoms with Crippen molar-refractivity contribution in [3.8, 4) is 0 Å². The molecule has 98 valence electrons. The van der Waals surface area contributed by atoms with E-state index in [1.807, 2.05) is 12.1 Å². The van der Waals surface area contributed by atoms with Gasteiger partial charge >= 0.3 is 0 Å². The van der Waals surface area contributed by atoms with E-state index in [1.54, 1.807) is 0 Å². The van der Waals surface area contributed by atoms with Crippen LogP contribution in [0.3, 0.4) is 0 Å². The molecule has 0 aliphatic rings. The quantitative estimate of drug-likeness (QED) is 0.611. The van der Waals surface area contributed by atoms with Crippen molar-refractivity contribution in [2.45, 2.75) is 13.1 Å². The third-order valence-electron chi connectivity index (χ3n) is 2.11. The Balaban J connectivity index is 3.00. The molecule has 0 amide bonds. The van der Waals surface area contributed by atoms with Gasteiger partial charge in [-0.25, -0.2) is 18.7 Å². The van der Waals surface area contributed by atoms with Gasteiger partial charge in [-0.05, 0) is 53.5 Å². The van der Waals surface area contributed by atoms with Gasteiger partial charge in [0.05, 0.1) is 18.3 Å². The molecule has 0 N–H and O–H groups in total. The van der Waals surface area contributed by atoms with Crippen molar-refractivity contribution < 1.29 is 0 Å². The lowest BCUT2D eigenvalue weighted by Crippen LogP contribution is -1.98. The maximum atomic E-state index is 4.60. The fourth-order valence-electron chi connectivity index (χ4n) is 1.36. The van der Waals surface area contributed by atoms with Crippen molar-refractivity contribution in [1.29, 1.82) is 0 Å². The van der Waals surface area contributed by atoms with E-state index < -0.39 is 8.75 Å². The molecule has 0 saturated heterocycles. The molecule has 0 aliphatic heterocycles. The number of hydrogen-bond acceptors (Lipinski definition) is 3. The van der Waals surface area contributed by atoms with Crippen LogP contribution in [-0.4, -0.2) is 35.3 Å². The third-order valence-corrected chi connectivity index (χ3v) is 3.10. The van der Waals surface area contributed by atoms with Gasteiger partial charge in [0, 0.05) is 0 Å². The van der Waals surface area contributed by atoms with Crippen molar-refractivity contribution in [3.05, 3.63) is 35.4 Å². The van der Waals surface area contributed by atoms with Crippen LogP contribution < -0.4 is 0 Å². The molecule has 0 saturated carbocycles. The average Bonchev–Trinajstić information content (AvgIpc) is 2.25. The lowest BCUT2D eigenvalue weighted by atomic mass is 10.1. The summed E-state index contributed by atoms with van der Waals surface area (Å²) in [6.07, 6.45) is 8.85. The minimum Gasteiger partial charge on any atom is -0.234 e. The summed E-state index contributed by atoms with van der Waals surface area (Å²) in [6.45, 7) is 1.23. The van der Waals surface area contributed by atoms with Crippen LogP contribution in [0.1, 0.15) is 11.1 Å². The van der Waals surface area contributed by atoms with Crippen LogP contribution in [0.5, 0.6) is 0 Å². The van der Waals surface area contributed by atoms with Gasteiger partial charge in [0.15, 0.2) is 0 Å². The lowest BCUT2D eigenvalue weighted by molar-refractivity contribution is 0.990. The third kappa shape index (κ3) is 6.04. The molecule has 1 aromatic carbocycles. The van der Waals surface area contributed by atoms with Crippen LogP contribution in [0, 0.1) is 0 Å². The smallest absolute Gasteiger partial charge is 0.0746 e. The van der Waals surface area contributed by atoms with E-state index >= 15 is 0 Å². The lowest BCUT2D eigenvalue weighted by Gasteiger charge is -2.26. The normalized spacial score (nSPS) is 12.8. The Morgan fingerprint density at radius 3 is 1.94 bits per heavy atom. The number of isothiocyanates is 2. The Bertz CT molecular complexity index is 560. The van der Waals surface area contributed by atoms with Crippen LogP contribution in [0.2, 0.25) is 0 Å². The molecule has 0 aromatic heterocycles. The number of benzene rings is 1. The van der Waals surface area contributed by atoms with E-state index in [9.17, 15) is 0 Å². The number of thiocarbonyl (C=S) groups is 1. The highest BCUT2D eigenvalue weighted by Gasteiger charge is 2.05. The first-order valence-corrected chi connectivity index (χ1v) is 9.74. The highest BCUT2D eigenvalue weighted by Crippen LogP contribution is 2.40. The molecule has 0 radical (unpaired) electrons. The zero-order valence-corrected chi connectivity index (χ0v) is 13.1. The molecule has 0 heterocycles. The summed E-state index contributed by atoms with van der Waals surface area (Å²) in [5, 5.41) is 5.69. The molecule has 0 fully saturated rings. The van der Waals surface area contributed by atoms with E-state index in [1.165, 1.54) is 5.56 Å². The summed E-state index contributed by atoms with van der Waals surface area (Å²) in [6, 6.07) is 8.14. The fraction of sp³-hybridized carbons (Fsp3) is 0.429. The molecule has 0 bridgehead atoms. The zero-order chi connectivity index (χ0) is 13.7. The highest BCUT2D eigenvalue weighted by atomic mass is 32.3. The molecule has 0 atom stereocenters. The summed E-state index contributed by atoms with van der Waals surface area (Å²) < 4.78 is 0. The molecule has 1 rings (SSSR count). The molecule has 0 aliphatic carbocycles. The topological polar surface area (TPSA) is 24.7 Å². The number of nitrogens with zero attached hydrogens (tertiary/aromatic N) is 2. The first kappa shape index (κ1) is 15.0. The maximum absolute atomic E-state index is 4.60. The van der Waals surface area contributed by atoms with Crippen molar-refractivity contribution in [3.63, 3.8) is 0 Å². The van der Waals surface area contributed by atoms with E-state index in [-0.39, 0.29) is 0 Å². The van der Waals surface area contributed by atoms with Gasteiger partial charge in [-0.3, -0.25) is 0 Å². The Kier molecular flexibility index (Phi) is 4.78. The molecular formula is C14H20N2S2. The fourth-order valence-corrected chi connectivity index (χ4v) is 2.00. The van der Waals surface area contributed by atoms with E-state index in [0.29, 0.717) is 13.1 Å². The predicted molar refractivity (Wildman–Crippen MR) is 87.6 cm³/mol. The summed E-state index contributed by atoms with van der Waals surface area (Å²) >= 11 is 4.60. The van der Waals surface area contributed by atoms with Crippen molar-refractivity contribution >= 4 is 31.3 Å². The highest BCUT2D eigenvalue weighted by molar-refractivity contribution is 8.44. The maximum Gasteiger partial charge on any atom is 0.0746 e. The Morgan fingerprint density at radius 1 is 1.00 bits per heavy atom.